The summed E-state index contributed by atoms with van der Waals surface area (Å²) in [5.41, 5.74) is 6.16. The van der Waals surface area contributed by atoms with Crippen LogP contribution < -0.4 is 27.4 Å². The third-order valence-electron chi connectivity index (χ3n) is 5.59. The first kappa shape index (κ1) is 22.8. The average Bonchev–Trinajstić information content (AvgIpc) is 3.40. The number of nitrogens with one attached hydrogen (secondary N) is 1. The number of H-pyrrole nitrogens is 1. The number of aryl methyl sites for hydroxylation is 1. The second-order valence-corrected chi connectivity index (χ2v) is 9.44. The third kappa shape index (κ3) is 3.94. The van der Waals surface area contributed by atoms with Crippen LogP contribution in [-0.2, 0) is 20.1 Å². The number of anilines is 2. The molecule has 4 aromatic heterocycles. The number of unbranched alkanes of at least 4 members (excludes halogenated alkanes) is 1. The quantitative estimate of drug-likeness (QED) is 0.397. The molecule has 0 aromatic carbocycles. The summed E-state index contributed by atoms with van der Waals surface area (Å²) in [6.07, 6.45) is 1.72. The molecule has 0 aliphatic heterocycles. The molecule has 0 atom stereocenters. The number of nitrogen functional groups attached to an aromatic ring is 1. The second-order valence-electron chi connectivity index (χ2n) is 8.52. The predicted octanol–water partition coefficient (Wildman–Crippen LogP) is 1.54. The highest BCUT2D eigenvalue weighted by Crippen LogP contribution is 2.23. The van der Waals surface area contributed by atoms with Crippen molar-refractivity contribution in [3.63, 3.8) is 0 Å². The van der Waals surface area contributed by atoms with Crippen LogP contribution in [0.4, 0.5) is 11.5 Å². The van der Waals surface area contributed by atoms with Crippen molar-refractivity contribution in [2.45, 2.75) is 46.7 Å². The Hall–Kier alpha value is -3.41. The van der Waals surface area contributed by atoms with Crippen LogP contribution in [0.3, 0.4) is 0 Å². The summed E-state index contributed by atoms with van der Waals surface area (Å²) in [7, 11) is 1.66. The topological polar surface area (TPSA) is 136 Å². The minimum atomic E-state index is -0.532. The van der Waals surface area contributed by atoms with E-state index >= 15 is 0 Å². The monoisotopic (exact) mass is 472 g/mol. The Morgan fingerprint density at radius 2 is 2.00 bits per heavy atom. The molecule has 12 heteroatoms. The van der Waals surface area contributed by atoms with Crippen LogP contribution in [0.25, 0.3) is 16.0 Å². The van der Waals surface area contributed by atoms with Gasteiger partial charge < -0.3 is 10.6 Å². The molecule has 4 rings (SSSR count). The number of rotatable bonds is 8. The first-order valence-electron chi connectivity index (χ1n) is 10.9. The lowest BCUT2D eigenvalue weighted by molar-refractivity contribution is 0.506. The molecule has 11 nitrogen and oxygen atoms in total. The van der Waals surface area contributed by atoms with Crippen LogP contribution in [0, 0.1) is 5.92 Å². The van der Waals surface area contributed by atoms with Crippen molar-refractivity contribution >= 4 is 38.8 Å². The van der Waals surface area contributed by atoms with Crippen LogP contribution in [0.5, 0.6) is 0 Å². The number of nitrogens with zero attached hydrogens (tertiary/aromatic N) is 6. The van der Waals surface area contributed by atoms with Crippen LogP contribution in [0.2, 0.25) is 0 Å². The van der Waals surface area contributed by atoms with Gasteiger partial charge in [-0.25, -0.2) is 4.79 Å². The molecule has 176 valence electrons. The molecule has 33 heavy (non-hydrogen) atoms. The predicted molar refractivity (Wildman–Crippen MR) is 130 cm³/mol. The van der Waals surface area contributed by atoms with E-state index in [0.717, 1.165) is 18.4 Å². The van der Waals surface area contributed by atoms with E-state index in [2.05, 4.69) is 22.1 Å². The van der Waals surface area contributed by atoms with Crippen LogP contribution in [0.15, 0.2) is 25.8 Å². The van der Waals surface area contributed by atoms with Crippen molar-refractivity contribution in [3.05, 3.63) is 48.5 Å². The van der Waals surface area contributed by atoms with Gasteiger partial charge in [-0.05, 0) is 23.8 Å². The number of fused-ring (bicyclic) bond motifs is 3. The zero-order chi connectivity index (χ0) is 23.9. The number of thiophene rings is 1. The maximum Gasteiger partial charge on any atom is 0.330 e. The van der Waals surface area contributed by atoms with Crippen LogP contribution >= 0.6 is 11.3 Å². The van der Waals surface area contributed by atoms with Crippen LogP contribution in [-0.4, -0.2) is 35.3 Å². The Balaban J connectivity index is 1.88. The minimum absolute atomic E-state index is 0.129. The van der Waals surface area contributed by atoms with Crippen molar-refractivity contribution in [1.29, 1.82) is 0 Å². The molecule has 0 spiro atoms. The van der Waals surface area contributed by atoms with Gasteiger partial charge in [-0.2, -0.15) is 0 Å². The molecule has 0 bridgehead atoms. The van der Waals surface area contributed by atoms with Gasteiger partial charge in [-0.3, -0.25) is 28.1 Å². The molecule has 0 unspecified atom stereocenters. The maximum absolute atomic E-state index is 12.9. The molecule has 4 aromatic rings. The van der Waals surface area contributed by atoms with Gasteiger partial charge in [-0.1, -0.05) is 27.2 Å². The Morgan fingerprint density at radius 1 is 1.24 bits per heavy atom. The summed E-state index contributed by atoms with van der Waals surface area (Å²) in [5.74, 6) is 1.29. The average molecular weight is 473 g/mol. The number of hydrogen-bond donors (Lipinski definition) is 2. The lowest BCUT2D eigenvalue weighted by Crippen LogP contribution is -2.39. The molecule has 0 saturated heterocycles. The minimum Gasteiger partial charge on any atom is -0.383 e. The number of nitrogens with two attached hydrogens (primary N) is 1. The van der Waals surface area contributed by atoms with Gasteiger partial charge in [0.25, 0.3) is 11.1 Å². The van der Waals surface area contributed by atoms with Gasteiger partial charge in [-0.15, -0.1) is 21.5 Å². The normalized spacial score (nSPS) is 11.8. The Bertz CT molecular complexity index is 1490. The van der Waals surface area contributed by atoms with Gasteiger partial charge in [0.1, 0.15) is 16.2 Å². The molecule has 3 N–H and O–H groups in total. The molecule has 0 radical (unpaired) electrons. The van der Waals surface area contributed by atoms with E-state index in [1.807, 2.05) is 34.6 Å². The second kappa shape index (κ2) is 8.85. The van der Waals surface area contributed by atoms with Crippen molar-refractivity contribution < 1.29 is 0 Å². The molecule has 0 saturated carbocycles. The Kier molecular flexibility index (Phi) is 6.11. The van der Waals surface area contributed by atoms with E-state index in [1.54, 1.807) is 7.05 Å². The summed E-state index contributed by atoms with van der Waals surface area (Å²) in [4.78, 5) is 42.2. The SMILES string of the molecule is CCCCN(Cc1nnc2n(C)c(=O)c3sccc3n12)c1c(N)n(CC(C)C)c(=O)[nH]c1=O. The highest BCUT2D eigenvalue weighted by Gasteiger charge is 2.23. The number of aromatic amines is 1. The van der Waals surface area contributed by atoms with E-state index in [1.165, 1.54) is 20.5 Å². The van der Waals surface area contributed by atoms with Gasteiger partial charge in [0.15, 0.2) is 5.82 Å². The summed E-state index contributed by atoms with van der Waals surface area (Å²) >= 11 is 1.36. The molecule has 0 fully saturated rings. The Labute approximate surface area is 193 Å². The van der Waals surface area contributed by atoms with Gasteiger partial charge in [0.05, 0.1) is 12.1 Å². The van der Waals surface area contributed by atoms with Crippen molar-refractivity contribution in [3.8, 4) is 0 Å². The first-order valence-corrected chi connectivity index (χ1v) is 11.8. The highest BCUT2D eigenvalue weighted by molar-refractivity contribution is 7.17. The summed E-state index contributed by atoms with van der Waals surface area (Å²) in [5, 5.41) is 10.4. The van der Waals surface area contributed by atoms with Gasteiger partial charge in [0, 0.05) is 20.1 Å². The van der Waals surface area contributed by atoms with Gasteiger partial charge in [0.2, 0.25) is 5.78 Å². The standard InChI is InChI=1S/C21H28N8O3S/c1-5-6-8-27(15-17(22)28(10-12(2)3)21(32)23-18(15)30)11-14-24-25-20-26(4)19(31)16-13(29(14)20)7-9-33-16/h7,9,12H,5-6,8,10-11,22H2,1-4H3,(H,23,30,32). The lowest BCUT2D eigenvalue weighted by Gasteiger charge is -2.26. The summed E-state index contributed by atoms with van der Waals surface area (Å²) < 4.78 is 5.31. The molecule has 0 amide bonds. The fourth-order valence-corrected chi connectivity index (χ4v) is 4.83. The molecular weight excluding hydrogens is 444 g/mol. The number of hydrogen-bond acceptors (Lipinski definition) is 8. The van der Waals surface area contributed by atoms with Crippen molar-refractivity contribution in [2.75, 3.05) is 17.2 Å². The maximum atomic E-state index is 12.9. The van der Waals surface area contributed by atoms with Gasteiger partial charge >= 0.3 is 5.69 Å². The molecule has 0 aliphatic rings. The fraction of sp³-hybridized carbons (Fsp3) is 0.476. The largest absolute Gasteiger partial charge is 0.383 e. The molecule has 4 heterocycles. The van der Waals surface area contributed by atoms with E-state index in [0.29, 0.717) is 29.4 Å². The number of aromatic nitrogens is 6. The Morgan fingerprint density at radius 3 is 2.70 bits per heavy atom. The summed E-state index contributed by atoms with van der Waals surface area (Å²) in [6.45, 7) is 7.17. The third-order valence-corrected chi connectivity index (χ3v) is 6.48. The van der Waals surface area contributed by atoms with E-state index in [-0.39, 0.29) is 29.5 Å². The smallest absolute Gasteiger partial charge is 0.330 e. The zero-order valence-electron chi connectivity index (χ0n) is 19.2. The molecular formula is C21H28N8O3S. The first-order chi connectivity index (χ1) is 15.7. The van der Waals surface area contributed by atoms with E-state index in [9.17, 15) is 14.4 Å². The van der Waals surface area contributed by atoms with Crippen molar-refractivity contribution in [1.82, 2.24) is 28.7 Å². The highest BCUT2D eigenvalue weighted by atomic mass is 32.1. The fourth-order valence-electron chi connectivity index (χ4n) is 3.97. The zero-order valence-corrected chi connectivity index (χ0v) is 20.0. The lowest BCUT2D eigenvalue weighted by atomic mass is 10.2. The summed E-state index contributed by atoms with van der Waals surface area (Å²) in [6, 6.07) is 1.86. The molecule has 0 aliphatic carbocycles. The van der Waals surface area contributed by atoms with Crippen LogP contribution in [0.1, 0.15) is 39.4 Å². The van der Waals surface area contributed by atoms with Crippen molar-refractivity contribution in [2.24, 2.45) is 13.0 Å². The van der Waals surface area contributed by atoms with E-state index < -0.39 is 11.2 Å². The van der Waals surface area contributed by atoms with E-state index in [4.69, 9.17) is 5.73 Å².